The SMILES string of the molecule is OOc1ccccc1CCCCCCCCc1ccccc1OO. The fourth-order valence-electron chi connectivity index (χ4n) is 2.94. The smallest absolute Gasteiger partial charge is 0.168 e. The molecule has 0 saturated carbocycles. The van der Waals surface area contributed by atoms with E-state index in [-0.39, 0.29) is 0 Å². The highest BCUT2D eigenvalue weighted by molar-refractivity contribution is 5.33. The lowest BCUT2D eigenvalue weighted by molar-refractivity contribution is -0.138. The fraction of sp³-hybridized carbons (Fsp3) is 0.400. The van der Waals surface area contributed by atoms with Crippen molar-refractivity contribution in [1.82, 2.24) is 0 Å². The third-order valence-electron chi connectivity index (χ3n) is 4.28. The van der Waals surface area contributed by atoms with Crippen LogP contribution in [0.3, 0.4) is 0 Å². The minimum atomic E-state index is 0.558. The molecular weight excluding hydrogens is 304 g/mol. The first kappa shape index (κ1) is 18.3. The van der Waals surface area contributed by atoms with Gasteiger partial charge in [-0.1, -0.05) is 62.1 Å². The number of hydrogen-bond donors (Lipinski definition) is 2. The molecule has 4 heteroatoms. The van der Waals surface area contributed by atoms with E-state index in [1.54, 1.807) is 12.1 Å². The topological polar surface area (TPSA) is 58.9 Å². The van der Waals surface area contributed by atoms with Crippen molar-refractivity contribution in [2.75, 3.05) is 0 Å². The van der Waals surface area contributed by atoms with Gasteiger partial charge in [-0.25, -0.2) is 10.5 Å². The van der Waals surface area contributed by atoms with Crippen LogP contribution in [0.15, 0.2) is 48.5 Å². The summed E-state index contributed by atoms with van der Waals surface area (Å²) in [5, 5.41) is 17.7. The lowest BCUT2D eigenvalue weighted by Crippen LogP contribution is -1.93. The van der Waals surface area contributed by atoms with Gasteiger partial charge in [-0.2, -0.15) is 0 Å². The first-order chi connectivity index (χ1) is 11.8. The van der Waals surface area contributed by atoms with Crippen molar-refractivity contribution in [2.45, 2.75) is 51.4 Å². The van der Waals surface area contributed by atoms with Gasteiger partial charge in [-0.15, -0.1) is 0 Å². The summed E-state index contributed by atoms with van der Waals surface area (Å²) in [5.41, 5.74) is 2.11. The van der Waals surface area contributed by atoms with Crippen molar-refractivity contribution in [1.29, 1.82) is 0 Å². The molecule has 2 N–H and O–H groups in total. The Hall–Kier alpha value is -2.04. The Labute approximate surface area is 143 Å². The molecule has 0 saturated heterocycles. The zero-order valence-corrected chi connectivity index (χ0v) is 14.0. The van der Waals surface area contributed by atoms with E-state index in [2.05, 4.69) is 9.78 Å². The quantitative estimate of drug-likeness (QED) is 0.324. The normalized spacial score (nSPS) is 10.6. The molecule has 0 aliphatic rings. The van der Waals surface area contributed by atoms with Gasteiger partial charge >= 0.3 is 0 Å². The molecule has 0 aliphatic carbocycles. The van der Waals surface area contributed by atoms with E-state index in [0.717, 1.165) is 36.8 Å². The van der Waals surface area contributed by atoms with E-state index in [9.17, 15) is 0 Å². The molecular formula is C20H26O4. The number of para-hydroxylation sites is 2. The molecule has 0 spiro atoms. The van der Waals surface area contributed by atoms with Crippen molar-refractivity contribution in [3.05, 3.63) is 59.7 Å². The van der Waals surface area contributed by atoms with Crippen LogP contribution >= 0.6 is 0 Å². The molecule has 0 aliphatic heterocycles. The molecule has 0 amide bonds. The first-order valence-electron chi connectivity index (χ1n) is 8.64. The second-order valence-electron chi connectivity index (χ2n) is 6.02. The second-order valence-corrected chi connectivity index (χ2v) is 6.02. The van der Waals surface area contributed by atoms with Crippen molar-refractivity contribution >= 4 is 0 Å². The first-order valence-corrected chi connectivity index (χ1v) is 8.64. The van der Waals surface area contributed by atoms with Crippen molar-refractivity contribution in [2.24, 2.45) is 0 Å². The van der Waals surface area contributed by atoms with E-state index in [1.165, 1.54) is 25.7 Å². The maximum atomic E-state index is 8.83. The summed E-state index contributed by atoms with van der Waals surface area (Å²) in [6, 6.07) is 15.2. The average Bonchev–Trinajstić information content (AvgIpc) is 2.64. The van der Waals surface area contributed by atoms with Gasteiger partial charge in [0.05, 0.1) is 0 Å². The summed E-state index contributed by atoms with van der Waals surface area (Å²) in [6.45, 7) is 0. The van der Waals surface area contributed by atoms with Gasteiger partial charge in [0.25, 0.3) is 0 Å². The summed E-state index contributed by atoms with van der Waals surface area (Å²) in [5.74, 6) is 1.12. The Bertz CT molecular complexity index is 544. The van der Waals surface area contributed by atoms with Crippen LogP contribution in [0.4, 0.5) is 0 Å². The number of aryl methyl sites for hydroxylation is 2. The number of unbranched alkanes of at least 4 members (excludes halogenated alkanes) is 5. The zero-order chi connectivity index (χ0) is 17.0. The summed E-state index contributed by atoms with van der Waals surface area (Å²) < 4.78 is 0. The van der Waals surface area contributed by atoms with Crippen LogP contribution in [0.5, 0.6) is 11.5 Å². The Morgan fingerprint density at radius 2 is 0.917 bits per heavy atom. The predicted octanol–water partition coefficient (Wildman–Crippen LogP) is 5.52. The second kappa shape index (κ2) is 10.7. The summed E-state index contributed by atoms with van der Waals surface area (Å²) in [7, 11) is 0. The van der Waals surface area contributed by atoms with E-state index in [0.29, 0.717) is 11.5 Å². The van der Waals surface area contributed by atoms with Crippen molar-refractivity contribution in [3.8, 4) is 11.5 Å². The Kier molecular flexibility index (Phi) is 8.15. The summed E-state index contributed by atoms with van der Waals surface area (Å²) >= 11 is 0. The standard InChI is InChI=1S/C20H26O4/c21-23-19-15-9-7-13-17(19)11-5-3-1-2-4-6-12-18-14-8-10-16-20(18)24-22/h7-10,13-16,21-22H,1-6,11-12H2. The average molecular weight is 330 g/mol. The van der Waals surface area contributed by atoms with Crippen LogP contribution in [0.1, 0.15) is 49.7 Å². The van der Waals surface area contributed by atoms with Crippen LogP contribution in [-0.2, 0) is 12.8 Å². The highest BCUT2D eigenvalue weighted by Crippen LogP contribution is 2.21. The third kappa shape index (κ3) is 5.87. The zero-order valence-electron chi connectivity index (χ0n) is 14.0. The number of hydrogen-bond acceptors (Lipinski definition) is 4. The van der Waals surface area contributed by atoms with Gasteiger partial charge in [0, 0.05) is 0 Å². The van der Waals surface area contributed by atoms with Gasteiger partial charge in [0.1, 0.15) is 0 Å². The molecule has 130 valence electrons. The van der Waals surface area contributed by atoms with Crippen molar-refractivity contribution < 1.29 is 20.3 Å². The largest absolute Gasteiger partial charge is 0.340 e. The van der Waals surface area contributed by atoms with Gasteiger partial charge in [0.2, 0.25) is 0 Å². The highest BCUT2D eigenvalue weighted by atomic mass is 17.1. The molecule has 0 bridgehead atoms. The molecule has 4 nitrogen and oxygen atoms in total. The van der Waals surface area contributed by atoms with E-state index in [1.807, 2.05) is 36.4 Å². The monoisotopic (exact) mass is 330 g/mol. The fourth-order valence-corrected chi connectivity index (χ4v) is 2.94. The van der Waals surface area contributed by atoms with Crippen LogP contribution < -0.4 is 9.78 Å². The van der Waals surface area contributed by atoms with Crippen LogP contribution in [0.25, 0.3) is 0 Å². The molecule has 2 aromatic rings. The number of rotatable bonds is 11. The van der Waals surface area contributed by atoms with Crippen molar-refractivity contribution in [3.63, 3.8) is 0 Å². The molecule has 24 heavy (non-hydrogen) atoms. The highest BCUT2D eigenvalue weighted by Gasteiger charge is 2.04. The molecule has 0 atom stereocenters. The lowest BCUT2D eigenvalue weighted by atomic mass is 10.0. The van der Waals surface area contributed by atoms with Crippen LogP contribution in [-0.4, -0.2) is 10.5 Å². The van der Waals surface area contributed by atoms with Gasteiger partial charge < -0.3 is 9.78 Å². The molecule has 0 fully saturated rings. The van der Waals surface area contributed by atoms with Gasteiger partial charge in [-0.3, -0.25) is 0 Å². The molecule has 2 rings (SSSR count). The van der Waals surface area contributed by atoms with Crippen LogP contribution in [0.2, 0.25) is 0 Å². The van der Waals surface area contributed by atoms with Gasteiger partial charge in [-0.05, 0) is 48.9 Å². The Morgan fingerprint density at radius 1 is 0.542 bits per heavy atom. The van der Waals surface area contributed by atoms with Gasteiger partial charge in [0.15, 0.2) is 11.5 Å². The maximum absolute atomic E-state index is 8.83. The molecule has 0 radical (unpaired) electrons. The summed E-state index contributed by atoms with van der Waals surface area (Å²) in [6.07, 6.45) is 8.83. The van der Waals surface area contributed by atoms with Crippen LogP contribution in [0, 0.1) is 0 Å². The Morgan fingerprint density at radius 3 is 1.33 bits per heavy atom. The van der Waals surface area contributed by atoms with E-state index in [4.69, 9.17) is 10.5 Å². The Balaban J connectivity index is 1.56. The maximum Gasteiger partial charge on any atom is 0.168 e. The summed E-state index contributed by atoms with van der Waals surface area (Å²) in [4.78, 5) is 8.78. The molecule has 0 aromatic heterocycles. The minimum Gasteiger partial charge on any atom is -0.340 e. The van der Waals surface area contributed by atoms with E-state index >= 15 is 0 Å². The minimum absolute atomic E-state index is 0.558. The molecule has 0 unspecified atom stereocenters. The number of benzene rings is 2. The predicted molar refractivity (Wildman–Crippen MR) is 94.5 cm³/mol. The third-order valence-corrected chi connectivity index (χ3v) is 4.28. The molecule has 0 heterocycles. The lowest BCUT2D eigenvalue weighted by Gasteiger charge is -2.07. The molecule has 2 aromatic carbocycles. The van der Waals surface area contributed by atoms with E-state index < -0.39 is 0 Å².